The molecular weight excluding hydrogens is 483 g/mol. The second-order valence-electron chi connectivity index (χ2n) is 6.20. The number of nitrogens with zero attached hydrogens (tertiary/aromatic N) is 2. The van der Waals surface area contributed by atoms with Gasteiger partial charge in [0.1, 0.15) is 10.7 Å². The van der Waals surface area contributed by atoms with Gasteiger partial charge in [0.2, 0.25) is 0 Å². The first-order valence-corrected chi connectivity index (χ1v) is 10.7. The van der Waals surface area contributed by atoms with Crippen molar-refractivity contribution in [2.24, 2.45) is 0 Å². The van der Waals surface area contributed by atoms with Gasteiger partial charge in [0, 0.05) is 22.8 Å². The maximum absolute atomic E-state index is 12.9. The van der Waals surface area contributed by atoms with E-state index in [0.717, 1.165) is 4.90 Å². The fourth-order valence-electron chi connectivity index (χ4n) is 2.83. The number of aromatic nitrogens is 1. The summed E-state index contributed by atoms with van der Waals surface area (Å²) in [6.07, 6.45) is 1.58. The van der Waals surface area contributed by atoms with Crippen LogP contribution in [0, 0.1) is 0 Å². The van der Waals surface area contributed by atoms with E-state index in [1.807, 2.05) is 0 Å². The summed E-state index contributed by atoms with van der Waals surface area (Å²) in [5.41, 5.74) is 0.694. The van der Waals surface area contributed by atoms with Crippen molar-refractivity contribution in [2.45, 2.75) is 0 Å². The Labute approximate surface area is 195 Å². The van der Waals surface area contributed by atoms with Gasteiger partial charge in [-0.25, -0.2) is 9.88 Å². The van der Waals surface area contributed by atoms with E-state index in [4.69, 9.17) is 34.8 Å². The predicted molar refractivity (Wildman–Crippen MR) is 122 cm³/mol. The Morgan fingerprint density at radius 1 is 1.03 bits per heavy atom. The average molecular weight is 494 g/mol. The third-order valence-corrected chi connectivity index (χ3v) is 6.09. The molecule has 7 nitrogen and oxygen atoms in total. The summed E-state index contributed by atoms with van der Waals surface area (Å²) < 4.78 is 0. The van der Waals surface area contributed by atoms with Gasteiger partial charge in [0.25, 0.3) is 17.7 Å². The maximum atomic E-state index is 12.9. The predicted octanol–water partition coefficient (Wildman–Crippen LogP) is 5.14. The van der Waals surface area contributed by atoms with Crippen LogP contribution in [0.1, 0.15) is 10.4 Å². The molecule has 3 amide bonds. The van der Waals surface area contributed by atoms with Crippen LogP contribution in [0.25, 0.3) is 0 Å². The van der Waals surface area contributed by atoms with Gasteiger partial charge in [-0.2, -0.15) is 0 Å². The van der Waals surface area contributed by atoms with Gasteiger partial charge in [-0.05, 0) is 30.3 Å². The summed E-state index contributed by atoms with van der Waals surface area (Å²) in [6, 6.07) is 11.0. The van der Waals surface area contributed by atoms with E-state index >= 15 is 0 Å². The van der Waals surface area contributed by atoms with E-state index in [-0.39, 0.29) is 32.4 Å². The summed E-state index contributed by atoms with van der Waals surface area (Å²) in [6.45, 7) is 0. The Balaban J connectivity index is 1.58. The minimum atomic E-state index is -0.740. The molecule has 4 rings (SSSR count). The Morgan fingerprint density at radius 2 is 1.81 bits per heavy atom. The molecule has 0 bridgehead atoms. The topological polar surface area (TPSA) is 91.4 Å². The number of thiazole rings is 1. The zero-order valence-electron chi connectivity index (χ0n) is 15.4. The molecule has 0 spiro atoms. The first kappa shape index (κ1) is 21.3. The van der Waals surface area contributed by atoms with Gasteiger partial charge in [0.05, 0.1) is 15.7 Å². The molecule has 1 aliphatic heterocycles. The monoisotopic (exact) mass is 492 g/mol. The molecule has 0 saturated carbocycles. The lowest BCUT2D eigenvalue weighted by molar-refractivity contribution is -0.120. The van der Waals surface area contributed by atoms with Crippen LogP contribution in [0.15, 0.2) is 64.8 Å². The van der Waals surface area contributed by atoms with E-state index in [1.165, 1.54) is 29.5 Å². The zero-order valence-corrected chi connectivity index (χ0v) is 18.4. The molecule has 2 heterocycles. The fraction of sp³-hybridized carbons (Fsp3) is 0. The van der Waals surface area contributed by atoms with E-state index in [2.05, 4.69) is 15.6 Å². The number of amides is 3. The van der Waals surface area contributed by atoms with Crippen molar-refractivity contribution in [2.75, 3.05) is 15.5 Å². The molecule has 1 aromatic heterocycles. The third kappa shape index (κ3) is 4.15. The number of carbonyl (C=O) groups is 3. The molecule has 31 heavy (non-hydrogen) atoms. The molecule has 11 heteroatoms. The fourth-order valence-corrected chi connectivity index (χ4v) is 3.95. The standard InChI is InChI=1S/C20H11Cl3N4O3S/c21-12-5-2-6-13(14(12)22)27-18(29)15(23)16(19(27)30)25-11-4-1-3-10(9-11)17(28)26-20-24-7-8-31-20/h1-9,25H,(H,24,26,28). The molecule has 0 radical (unpaired) electrons. The zero-order chi connectivity index (χ0) is 22.1. The van der Waals surface area contributed by atoms with Crippen LogP contribution in [-0.2, 0) is 9.59 Å². The van der Waals surface area contributed by atoms with Gasteiger partial charge < -0.3 is 5.32 Å². The van der Waals surface area contributed by atoms with Crippen molar-refractivity contribution in [1.82, 2.24) is 4.98 Å². The molecule has 2 aromatic carbocycles. The number of benzene rings is 2. The number of hydrogen-bond acceptors (Lipinski definition) is 6. The number of imide groups is 1. The van der Waals surface area contributed by atoms with Crippen LogP contribution in [-0.4, -0.2) is 22.7 Å². The van der Waals surface area contributed by atoms with Crippen molar-refractivity contribution < 1.29 is 14.4 Å². The van der Waals surface area contributed by atoms with Crippen molar-refractivity contribution in [1.29, 1.82) is 0 Å². The van der Waals surface area contributed by atoms with Gasteiger partial charge in [0.15, 0.2) is 5.13 Å². The molecule has 0 unspecified atom stereocenters. The highest BCUT2D eigenvalue weighted by Gasteiger charge is 2.40. The summed E-state index contributed by atoms with van der Waals surface area (Å²) in [4.78, 5) is 42.8. The lowest BCUT2D eigenvalue weighted by atomic mass is 10.2. The Kier molecular flexibility index (Phi) is 5.97. The molecular formula is C20H11Cl3N4O3S. The second kappa shape index (κ2) is 8.68. The van der Waals surface area contributed by atoms with Gasteiger partial charge in [-0.1, -0.05) is 46.9 Å². The Morgan fingerprint density at radius 3 is 2.55 bits per heavy atom. The number of nitrogens with one attached hydrogen (secondary N) is 2. The minimum absolute atomic E-state index is 0.0532. The van der Waals surface area contributed by atoms with E-state index in [1.54, 1.807) is 35.8 Å². The largest absolute Gasteiger partial charge is 0.350 e. The second-order valence-corrected chi connectivity index (χ2v) is 8.26. The van der Waals surface area contributed by atoms with Crippen LogP contribution in [0.4, 0.5) is 16.5 Å². The van der Waals surface area contributed by atoms with Crippen LogP contribution in [0.5, 0.6) is 0 Å². The molecule has 0 saturated heterocycles. The Hall–Kier alpha value is -2.91. The van der Waals surface area contributed by atoms with Crippen LogP contribution < -0.4 is 15.5 Å². The SMILES string of the molecule is O=C(Nc1nccs1)c1cccc(NC2=C(Cl)C(=O)N(c3cccc(Cl)c3Cl)C2=O)c1. The number of carbonyl (C=O) groups excluding carboxylic acids is 3. The summed E-state index contributed by atoms with van der Waals surface area (Å²) >= 11 is 19.6. The minimum Gasteiger partial charge on any atom is -0.350 e. The van der Waals surface area contributed by atoms with Gasteiger partial charge in [-0.15, -0.1) is 11.3 Å². The van der Waals surface area contributed by atoms with Crippen molar-refractivity contribution in [3.05, 3.63) is 80.4 Å². The highest BCUT2D eigenvalue weighted by atomic mass is 35.5. The number of hydrogen-bond donors (Lipinski definition) is 2. The maximum Gasteiger partial charge on any atom is 0.283 e. The van der Waals surface area contributed by atoms with Gasteiger partial charge >= 0.3 is 0 Å². The summed E-state index contributed by atoms with van der Waals surface area (Å²) in [7, 11) is 0. The molecule has 0 fully saturated rings. The highest BCUT2D eigenvalue weighted by molar-refractivity contribution is 7.13. The quantitative estimate of drug-likeness (QED) is 0.480. The van der Waals surface area contributed by atoms with E-state index in [0.29, 0.717) is 16.4 Å². The Bertz CT molecular complexity index is 1240. The molecule has 2 N–H and O–H groups in total. The first-order valence-electron chi connectivity index (χ1n) is 8.67. The molecule has 0 aliphatic carbocycles. The van der Waals surface area contributed by atoms with Crippen molar-refractivity contribution in [3.63, 3.8) is 0 Å². The number of rotatable bonds is 5. The molecule has 0 atom stereocenters. The average Bonchev–Trinajstić information content (AvgIpc) is 3.34. The van der Waals surface area contributed by atoms with E-state index < -0.39 is 11.8 Å². The lowest BCUT2D eigenvalue weighted by Gasteiger charge is -2.17. The van der Waals surface area contributed by atoms with Crippen LogP contribution in [0.3, 0.4) is 0 Å². The lowest BCUT2D eigenvalue weighted by Crippen LogP contribution is -2.32. The van der Waals surface area contributed by atoms with Crippen LogP contribution in [0.2, 0.25) is 10.0 Å². The van der Waals surface area contributed by atoms with Crippen molar-refractivity contribution >= 4 is 80.4 Å². The summed E-state index contributed by atoms with van der Waals surface area (Å²) in [5, 5.41) is 7.63. The smallest absolute Gasteiger partial charge is 0.283 e. The molecule has 1 aliphatic rings. The number of halogens is 3. The van der Waals surface area contributed by atoms with E-state index in [9.17, 15) is 14.4 Å². The van der Waals surface area contributed by atoms with Crippen LogP contribution >= 0.6 is 46.1 Å². The van der Waals surface area contributed by atoms with Crippen molar-refractivity contribution in [3.8, 4) is 0 Å². The molecule has 156 valence electrons. The number of anilines is 3. The first-order chi connectivity index (χ1) is 14.9. The molecule has 3 aromatic rings. The van der Waals surface area contributed by atoms with Gasteiger partial charge in [-0.3, -0.25) is 19.7 Å². The third-order valence-electron chi connectivity index (χ3n) is 4.25. The summed E-state index contributed by atoms with van der Waals surface area (Å²) in [5.74, 6) is -1.81. The normalized spacial score (nSPS) is 13.7. The highest BCUT2D eigenvalue weighted by Crippen LogP contribution is 2.37.